The standard InChI is InChI=1S/C13H29NO/c1-4-6-10-14(11-7-5-2)12-8-9-13-15-3/h4-13H2,1-3H3/p+1. The van der Waals surface area contributed by atoms with Crippen LogP contribution in [0.3, 0.4) is 0 Å². The first-order chi connectivity index (χ1) is 7.35. The molecule has 0 spiro atoms. The molecule has 0 atom stereocenters. The van der Waals surface area contributed by atoms with Gasteiger partial charge in [-0.15, -0.1) is 0 Å². The summed E-state index contributed by atoms with van der Waals surface area (Å²) >= 11 is 0. The van der Waals surface area contributed by atoms with E-state index in [9.17, 15) is 0 Å². The third kappa shape index (κ3) is 10.2. The van der Waals surface area contributed by atoms with Crippen molar-refractivity contribution in [3.8, 4) is 0 Å². The number of ether oxygens (including phenoxy) is 1. The lowest BCUT2D eigenvalue weighted by Crippen LogP contribution is -3.12. The summed E-state index contributed by atoms with van der Waals surface area (Å²) in [5, 5.41) is 0. The van der Waals surface area contributed by atoms with E-state index in [1.807, 2.05) is 0 Å². The van der Waals surface area contributed by atoms with E-state index >= 15 is 0 Å². The van der Waals surface area contributed by atoms with Crippen molar-refractivity contribution in [2.45, 2.75) is 52.4 Å². The van der Waals surface area contributed by atoms with Gasteiger partial charge in [0.15, 0.2) is 0 Å². The first-order valence-electron chi connectivity index (χ1n) is 6.67. The van der Waals surface area contributed by atoms with E-state index < -0.39 is 0 Å². The SMILES string of the molecule is CCCC[NH+](CCCC)CCCCOC. The topological polar surface area (TPSA) is 13.7 Å². The Labute approximate surface area is 96.0 Å². The maximum atomic E-state index is 5.08. The summed E-state index contributed by atoms with van der Waals surface area (Å²) in [6.45, 7) is 9.55. The van der Waals surface area contributed by atoms with E-state index in [4.69, 9.17) is 4.74 Å². The van der Waals surface area contributed by atoms with Gasteiger partial charge in [-0.1, -0.05) is 26.7 Å². The third-order valence-corrected chi connectivity index (χ3v) is 2.90. The van der Waals surface area contributed by atoms with Crippen LogP contribution in [-0.4, -0.2) is 33.4 Å². The fraction of sp³-hybridized carbons (Fsp3) is 1.00. The molecule has 0 aliphatic rings. The average Bonchev–Trinajstić information content (AvgIpc) is 2.27. The molecule has 0 bridgehead atoms. The largest absolute Gasteiger partial charge is 0.385 e. The van der Waals surface area contributed by atoms with Gasteiger partial charge in [0.1, 0.15) is 0 Å². The molecule has 0 rings (SSSR count). The Morgan fingerprint density at radius 3 is 1.80 bits per heavy atom. The lowest BCUT2D eigenvalue weighted by atomic mass is 10.2. The highest BCUT2D eigenvalue weighted by Crippen LogP contribution is 1.87. The molecule has 0 aliphatic heterocycles. The van der Waals surface area contributed by atoms with E-state index in [1.165, 1.54) is 58.2 Å². The predicted molar refractivity (Wildman–Crippen MR) is 66.5 cm³/mol. The second-order valence-electron chi connectivity index (χ2n) is 4.41. The number of nitrogens with one attached hydrogen (secondary N) is 1. The van der Waals surface area contributed by atoms with Crippen LogP contribution in [0.2, 0.25) is 0 Å². The van der Waals surface area contributed by atoms with Crippen molar-refractivity contribution in [1.82, 2.24) is 0 Å². The summed E-state index contributed by atoms with van der Waals surface area (Å²) in [7, 11) is 1.79. The molecule has 15 heavy (non-hydrogen) atoms. The van der Waals surface area contributed by atoms with E-state index in [0.717, 1.165) is 6.61 Å². The van der Waals surface area contributed by atoms with Crippen molar-refractivity contribution in [3.63, 3.8) is 0 Å². The van der Waals surface area contributed by atoms with Crippen LogP contribution in [0.4, 0.5) is 0 Å². The number of quaternary nitrogens is 1. The van der Waals surface area contributed by atoms with Crippen LogP contribution in [0.25, 0.3) is 0 Å². The Bertz CT molecular complexity index is 109. The van der Waals surface area contributed by atoms with E-state index in [1.54, 1.807) is 12.0 Å². The van der Waals surface area contributed by atoms with Gasteiger partial charge in [0.25, 0.3) is 0 Å². The summed E-state index contributed by atoms with van der Waals surface area (Å²) in [5.41, 5.74) is 0. The summed E-state index contributed by atoms with van der Waals surface area (Å²) < 4.78 is 5.08. The molecule has 2 nitrogen and oxygen atoms in total. The Morgan fingerprint density at radius 2 is 1.33 bits per heavy atom. The van der Waals surface area contributed by atoms with Gasteiger partial charge in [-0.25, -0.2) is 0 Å². The molecule has 0 amide bonds. The Kier molecular flexibility index (Phi) is 11.9. The molecular formula is C13H30NO+. The maximum absolute atomic E-state index is 5.08. The van der Waals surface area contributed by atoms with Gasteiger partial charge in [0, 0.05) is 13.7 Å². The molecule has 0 aromatic carbocycles. The molecule has 0 heterocycles. The molecule has 0 radical (unpaired) electrons. The van der Waals surface area contributed by atoms with Crippen LogP contribution in [-0.2, 0) is 4.74 Å². The quantitative estimate of drug-likeness (QED) is 0.521. The molecule has 0 fully saturated rings. The zero-order valence-electron chi connectivity index (χ0n) is 11.0. The second-order valence-corrected chi connectivity index (χ2v) is 4.41. The lowest BCUT2D eigenvalue weighted by molar-refractivity contribution is -0.900. The molecule has 0 saturated heterocycles. The van der Waals surface area contributed by atoms with Gasteiger partial charge in [-0.3, -0.25) is 0 Å². The van der Waals surface area contributed by atoms with Crippen molar-refractivity contribution in [1.29, 1.82) is 0 Å². The number of hydrogen-bond acceptors (Lipinski definition) is 1. The van der Waals surface area contributed by atoms with Crippen LogP contribution in [0.1, 0.15) is 52.4 Å². The van der Waals surface area contributed by atoms with Crippen LogP contribution in [0.15, 0.2) is 0 Å². The number of methoxy groups -OCH3 is 1. The minimum Gasteiger partial charge on any atom is -0.385 e. The molecule has 0 unspecified atom stereocenters. The first kappa shape index (κ1) is 14.9. The Hall–Kier alpha value is -0.0800. The highest BCUT2D eigenvalue weighted by Gasteiger charge is 2.06. The molecule has 0 aromatic heterocycles. The van der Waals surface area contributed by atoms with E-state index in [0.29, 0.717) is 0 Å². The van der Waals surface area contributed by atoms with Gasteiger partial charge >= 0.3 is 0 Å². The van der Waals surface area contributed by atoms with Crippen molar-refractivity contribution < 1.29 is 9.64 Å². The molecule has 0 aromatic rings. The van der Waals surface area contributed by atoms with Crippen molar-refractivity contribution in [2.24, 2.45) is 0 Å². The highest BCUT2D eigenvalue weighted by atomic mass is 16.5. The van der Waals surface area contributed by atoms with Crippen LogP contribution in [0, 0.1) is 0 Å². The van der Waals surface area contributed by atoms with Gasteiger partial charge in [-0.05, 0) is 25.7 Å². The van der Waals surface area contributed by atoms with Crippen LogP contribution >= 0.6 is 0 Å². The molecule has 0 saturated carbocycles. The number of unbranched alkanes of at least 4 members (excludes halogenated alkanes) is 3. The summed E-state index contributed by atoms with van der Waals surface area (Å²) in [6.07, 6.45) is 7.95. The third-order valence-electron chi connectivity index (χ3n) is 2.90. The van der Waals surface area contributed by atoms with Gasteiger partial charge < -0.3 is 9.64 Å². The number of hydrogen-bond donors (Lipinski definition) is 1. The Morgan fingerprint density at radius 1 is 0.800 bits per heavy atom. The Balaban J connectivity index is 3.49. The minimum absolute atomic E-state index is 0.925. The molecule has 92 valence electrons. The summed E-state index contributed by atoms with van der Waals surface area (Å²) in [5.74, 6) is 0. The van der Waals surface area contributed by atoms with Crippen molar-refractivity contribution in [3.05, 3.63) is 0 Å². The summed E-state index contributed by atoms with van der Waals surface area (Å²) in [4.78, 5) is 1.80. The maximum Gasteiger partial charge on any atom is 0.0771 e. The highest BCUT2D eigenvalue weighted by molar-refractivity contribution is 4.39. The smallest absolute Gasteiger partial charge is 0.0771 e. The average molecular weight is 216 g/mol. The molecule has 2 heteroatoms. The number of rotatable bonds is 11. The van der Waals surface area contributed by atoms with Gasteiger partial charge in [0.05, 0.1) is 19.6 Å². The van der Waals surface area contributed by atoms with Gasteiger partial charge in [0.2, 0.25) is 0 Å². The lowest BCUT2D eigenvalue weighted by Gasteiger charge is -2.18. The normalized spacial score (nSPS) is 11.2. The monoisotopic (exact) mass is 216 g/mol. The first-order valence-corrected chi connectivity index (χ1v) is 6.67. The zero-order chi connectivity index (χ0) is 11.4. The van der Waals surface area contributed by atoms with Crippen LogP contribution in [0.5, 0.6) is 0 Å². The van der Waals surface area contributed by atoms with Crippen molar-refractivity contribution >= 4 is 0 Å². The molecule has 1 N–H and O–H groups in total. The zero-order valence-corrected chi connectivity index (χ0v) is 11.0. The van der Waals surface area contributed by atoms with Crippen LogP contribution < -0.4 is 4.90 Å². The fourth-order valence-corrected chi connectivity index (χ4v) is 1.85. The molecular weight excluding hydrogens is 186 g/mol. The minimum atomic E-state index is 0.925. The van der Waals surface area contributed by atoms with E-state index in [-0.39, 0.29) is 0 Å². The van der Waals surface area contributed by atoms with E-state index in [2.05, 4.69) is 13.8 Å². The fourth-order valence-electron chi connectivity index (χ4n) is 1.85. The predicted octanol–water partition coefficient (Wildman–Crippen LogP) is 1.90. The second kappa shape index (κ2) is 12.0. The van der Waals surface area contributed by atoms with Gasteiger partial charge in [-0.2, -0.15) is 0 Å². The molecule has 0 aliphatic carbocycles. The summed E-state index contributed by atoms with van der Waals surface area (Å²) in [6, 6.07) is 0. The van der Waals surface area contributed by atoms with Crippen molar-refractivity contribution in [2.75, 3.05) is 33.4 Å².